The number of amides is 2. The average molecular weight is 283 g/mol. The first-order valence-electron chi connectivity index (χ1n) is 6.28. The number of anilines is 1. The average Bonchev–Trinajstić information content (AvgIpc) is 3.11. The quantitative estimate of drug-likeness (QED) is 0.770. The van der Waals surface area contributed by atoms with E-state index >= 15 is 0 Å². The molecule has 1 unspecified atom stereocenters. The van der Waals surface area contributed by atoms with Crippen LogP contribution in [0.15, 0.2) is 0 Å². The van der Waals surface area contributed by atoms with Crippen LogP contribution in [0.3, 0.4) is 0 Å². The highest BCUT2D eigenvalue weighted by atomic mass is 32.1. The van der Waals surface area contributed by atoms with E-state index in [0.29, 0.717) is 5.13 Å². The molecule has 0 saturated heterocycles. The van der Waals surface area contributed by atoms with E-state index < -0.39 is 18.0 Å². The molecule has 0 bridgehead atoms. The minimum atomic E-state index is -0.984. The number of aromatic nitrogens is 1. The Bertz CT molecular complexity index is 496. The molecule has 0 radical (unpaired) electrons. The van der Waals surface area contributed by atoms with Crippen molar-refractivity contribution in [1.82, 2.24) is 10.3 Å². The number of aryl methyl sites for hydroxylation is 2. The molecule has 104 valence electrons. The summed E-state index contributed by atoms with van der Waals surface area (Å²) < 4.78 is 0. The zero-order valence-corrected chi connectivity index (χ0v) is 11.7. The highest BCUT2D eigenvalue weighted by Gasteiger charge is 2.37. The Balaban J connectivity index is 1.94. The van der Waals surface area contributed by atoms with Crippen LogP contribution >= 0.6 is 11.3 Å². The summed E-state index contributed by atoms with van der Waals surface area (Å²) in [5.41, 5.74) is 0.956. The SMILES string of the molecule is CCc1nc(NC(=O)NC(C(=O)O)C2CC2)sc1C. The molecular weight excluding hydrogens is 266 g/mol. The standard InChI is InChI=1S/C12H17N3O3S/c1-3-8-6(2)19-12(13-8)15-11(18)14-9(10(16)17)7-4-5-7/h7,9H,3-5H2,1-2H3,(H,16,17)(H2,13,14,15,18). The third-order valence-electron chi connectivity index (χ3n) is 3.09. The Morgan fingerprint density at radius 1 is 1.53 bits per heavy atom. The second kappa shape index (κ2) is 5.56. The fourth-order valence-electron chi connectivity index (χ4n) is 1.89. The van der Waals surface area contributed by atoms with Crippen LogP contribution in [0.2, 0.25) is 0 Å². The molecule has 3 N–H and O–H groups in total. The Kier molecular flexibility index (Phi) is 4.04. The maximum absolute atomic E-state index is 11.7. The van der Waals surface area contributed by atoms with Crippen LogP contribution in [-0.2, 0) is 11.2 Å². The molecule has 1 aromatic rings. The van der Waals surface area contributed by atoms with Gasteiger partial charge in [0.1, 0.15) is 6.04 Å². The van der Waals surface area contributed by atoms with Crippen molar-refractivity contribution >= 4 is 28.5 Å². The largest absolute Gasteiger partial charge is 0.480 e. The number of carboxylic acids is 1. The van der Waals surface area contributed by atoms with Gasteiger partial charge in [-0.2, -0.15) is 0 Å². The molecule has 1 heterocycles. The molecule has 1 aliphatic rings. The Morgan fingerprint density at radius 3 is 2.68 bits per heavy atom. The molecule has 0 spiro atoms. The van der Waals surface area contributed by atoms with Crippen molar-refractivity contribution in [3.05, 3.63) is 10.6 Å². The molecule has 7 heteroatoms. The highest BCUT2D eigenvalue weighted by molar-refractivity contribution is 7.15. The minimum absolute atomic E-state index is 0.0625. The number of hydrogen-bond acceptors (Lipinski definition) is 4. The number of urea groups is 1. The van der Waals surface area contributed by atoms with Crippen LogP contribution in [0, 0.1) is 12.8 Å². The highest BCUT2D eigenvalue weighted by Crippen LogP contribution is 2.32. The maximum Gasteiger partial charge on any atom is 0.326 e. The van der Waals surface area contributed by atoms with E-state index in [1.807, 2.05) is 13.8 Å². The third-order valence-corrected chi connectivity index (χ3v) is 4.02. The summed E-state index contributed by atoms with van der Waals surface area (Å²) >= 11 is 1.40. The molecule has 1 atom stereocenters. The van der Waals surface area contributed by atoms with Gasteiger partial charge in [0.05, 0.1) is 5.69 Å². The lowest BCUT2D eigenvalue weighted by molar-refractivity contribution is -0.139. The van der Waals surface area contributed by atoms with Gasteiger partial charge in [0.25, 0.3) is 0 Å². The van der Waals surface area contributed by atoms with Crippen LogP contribution < -0.4 is 10.6 Å². The fraction of sp³-hybridized carbons (Fsp3) is 0.583. The first kappa shape index (κ1) is 13.8. The topological polar surface area (TPSA) is 91.3 Å². The number of nitrogens with zero attached hydrogens (tertiary/aromatic N) is 1. The van der Waals surface area contributed by atoms with Crippen LogP contribution in [0.5, 0.6) is 0 Å². The molecule has 6 nitrogen and oxygen atoms in total. The molecule has 2 amide bonds. The van der Waals surface area contributed by atoms with E-state index in [9.17, 15) is 9.59 Å². The van der Waals surface area contributed by atoms with Crippen molar-refractivity contribution in [3.63, 3.8) is 0 Å². The van der Waals surface area contributed by atoms with Crippen LogP contribution in [0.4, 0.5) is 9.93 Å². The third kappa shape index (κ3) is 3.44. The van der Waals surface area contributed by atoms with Gasteiger partial charge < -0.3 is 10.4 Å². The lowest BCUT2D eigenvalue weighted by atomic mass is 10.2. The molecular formula is C12H17N3O3S. The van der Waals surface area contributed by atoms with Gasteiger partial charge >= 0.3 is 12.0 Å². The summed E-state index contributed by atoms with van der Waals surface area (Å²) in [5.74, 6) is -0.922. The number of carbonyl (C=O) groups excluding carboxylic acids is 1. The number of hydrogen-bond donors (Lipinski definition) is 3. The van der Waals surface area contributed by atoms with E-state index in [1.54, 1.807) is 0 Å². The van der Waals surface area contributed by atoms with E-state index in [4.69, 9.17) is 5.11 Å². The van der Waals surface area contributed by atoms with Gasteiger partial charge in [-0.3, -0.25) is 5.32 Å². The van der Waals surface area contributed by atoms with Gasteiger partial charge in [0, 0.05) is 4.88 Å². The molecule has 1 aromatic heterocycles. The Labute approximate surface area is 115 Å². The number of carboxylic acid groups (broad SMARTS) is 1. The minimum Gasteiger partial charge on any atom is -0.480 e. The van der Waals surface area contributed by atoms with E-state index in [0.717, 1.165) is 29.8 Å². The molecule has 1 aliphatic carbocycles. The molecule has 1 fully saturated rings. The van der Waals surface area contributed by atoms with Crippen molar-refractivity contribution < 1.29 is 14.7 Å². The number of thiazole rings is 1. The van der Waals surface area contributed by atoms with Gasteiger partial charge in [-0.1, -0.05) is 6.92 Å². The molecule has 0 aliphatic heterocycles. The molecule has 1 saturated carbocycles. The second-order valence-corrected chi connectivity index (χ2v) is 5.83. The maximum atomic E-state index is 11.7. The summed E-state index contributed by atoms with van der Waals surface area (Å²) in [7, 11) is 0. The van der Waals surface area contributed by atoms with Crippen molar-refractivity contribution in [1.29, 1.82) is 0 Å². The van der Waals surface area contributed by atoms with Gasteiger partial charge in [0.2, 0.25) is 0 Å². The van der Waals surface area contributed by atoms with Gasteiger partial charge in [-0.25, -0.2) is 14.6 Å². The lowest BCUT2D eigenvalue weighted by Gasteiger charge is -2.13. The van der Waals surface area contributed by atoms with Crippen molar-refractivity contribution in [2.24, 2.45) is 5.92 Å². The van der Waals surface area contributed by atoms with Crippen LogP contribution in [-0.4, -0.2) is 28.1 Å². The summed E-state index contributed by atoms with van der Waals surface area (Å²) in [5, 5.41) is 14.6. The summed E-state index contributed by atoms with van der Waals surface area (Å²) in [6.07, 6.45) is 2.52. The number of rotatable bonds is 5. The number of aliphatic carboxylic acids is 1. The first-order chi connectivity index (χ1) is 9.01. The second-order valence-electron chi connectivity index (χ2n) is 4.63. The Morgan fingerprint density at radius 2 is 2.21 bits per heavy atom. The van der Waals surface area contributed by atoms with Crippen LogP contribution in [0.25, 0.3) is 0 Å². The van der Waals surface area contributed by atoms with E-state index in [1.165, 1.54) is 11.3 Å². The Hall–Kier alpha value is -1.63. The molecule has 2 rings (SSSR count). The predicted octanol–water partition coefficient (Wildman–Crippen LogP) is 2.00. The number of carbonyl (C=O) groups is 2. The monoisotopic (exact) mass is 283 g/mol. The summed E-state index contributed by atoms with van der Waals surface area (Å²) in [4.78, 5) is 28.1. The van der Waals surface area contributed by atoms with E-state index in [-0.39, 0.29) is 5.92 Å². The fourth-order valence-corrected chi connectivity index (χ4v) is 2.79. The first-order valence-corrected chi connectivity index (χ1v) is 7.09. The van der Waals surface area contributed by atoms with Crippen LogP contribution in [0.1, 0.15) is 30.3 Å². The molecule has 0 aromatic carbocycles. The van der Waals surface area contributed by atoms with Gasteiger partial charge in [-0.05, 0) is 32.1 Å². The zero-order chi connectivity index (χ0) is 14.0. The van der Waals surface area contributed by atoms with Crippen molar-refractivity contribution in [3.8, 4) is 0 Å². The lowest BCUT2D eigenvalue weighted by Crippen LogP contribution is -2.44. The number of nitrogens with one attached hydrogen (secondary N) is 2. The normalized spacial score (nSPS) is 15.9. The van der Waals surface area contributed by atoms with Gasteiger partial charge in [0.15, 0.2) is 5.13 Å². The predicted molar refractivity (Wildman–Crippen MR) is 72.5 cm³/mol. The summed E-state index contributed by atoms with van der Waals surface area (Å²) in [6, 6.07) is -1.30. The van der Waals surface area contributed by atoms with Crippen molar-refractivity contribution in [2.45, 2.75) is 39.2 Å². The molecule has 19 heavy (non-hydrogen) atoms. The smallest absolute Gasteiger partial charge is 0.326 e. The van der Waals surface area contributed by atoms with E-state index in [2.05, 4.69) is 15.6 Å². The summed E-state index contributed by atoms with van der Waals surface area (Å²) in [6.45, 7) is 3.95. The van der Waals surface area contributed by atoms with Gasteiger partial charge in [-0.15, -0.1) is 11.3 Å². The van der Waals surface area contributed by atoms with Crippen molar-refractivity contribution in [2.75, 3.05) is 5.32 Å². The zero-order valence-electron chi connectivity index (χ0n) is 10.9.